The lowest BCUT2D eigenvalue weighted by Crippen LogP contribution is -2.46. The van der Waals surface area contributed by atoms with Crippen LogP contribution in [0.25, 0.3) is 0 Å². The molecule has 6 nitrogen and oxygen atoms in total. The fourth-order valence-electron chi connectivity index (χ4n) is 2.13. The molecule has 2 rings (SSSR count). The Hall–Kier alpha value is -2.13. The number of amides is 1. The van der Waals surface area contributed by atoms with Crippen LogP contribution in [0.5, 0.6) is 0 Å². The standard InChI is InChI=1S/C13H16N4O2/c14-8-10-2-1-3-11(17-10)16-9-13(12(15)18)4-6-19-7-5-13/h1-3H,4-7,9H2,(H2,15,18)(H,16,17). The zero-order chi connectivity index (χ0) is 13.7. The lowest BCUT2D eigenvalue weighted by atomic mass is 9.79. The van der Waals surface area contributed by atoms with Crippen LogP contribution in [0.2, 0.25) is 0 Å². The molecule has 0 saturated carbocycles. The molecule has 0 spiro atoms. The first-order valence-corrected chi connectivity index (χ1v) is 6.15. The molecule has 1 aliphatic heterocycles. The summed E-state index contributed by atoms with van der Waals surface area (Å²) in [6.07, 6.45) is 1.21. The van der Waals surface area contributed by atoms with Gasteiger partial charge in [0.25, 0.3) is 0 Å². The zero-order valence-corrected chi connectivity index (χ0v) is 10.6. The monoisotopic (exact) mass is 260 g/mol. The van der Waals surface area contributed by atoms with Gasteiger partial charge in [-0.1, -0.05) is 6.07 Å². The van der Waals surface area contributed by atoms with Crippen LogP contribution in [0.3, 0.4) is 0 Å². The molecule has 1 aliphatic rings. The van der Waals surface area contributed by atoms with Gasteiger partial charge in [0.05, 0.1) is 5.41 Å². The lowest BCUT2D eigenvalue weighted by Gasteiger charge is -2.34. The molecule has 2 heterocycles. The average Bonchev–Trinajstić information content (AvgIpc) is 2.46. The highest BCUT2D eigenvalue weighted by atomic mass is 16.5. The topological polar surface area (TPSA) is 101 Å². The minimum Gasteiger partial charge on any atom is -0.381 e. The number of nitrogens with two attached hydrogens (primary N) is 1. The third kappa shape index (κ3) is 3.01. The Morgan fingerprint density at radius 1 is 1.53 bits per heavy atom. The Kier molecular flexibility index (Phi) is 3.97. The van der Waals surface area contributed by atoms with Gasteiger partial charge in [-0.25, -0.2) is 4.98 Å². The van der Waals surface area contributed by atoms with E-state index >= 15 is 0 Å². The van der Waals surface area contributed by atoms with Gasteiger partial charge in [-0.2, -0.15) is 5.26 Å². The van der Waals surface area contributed by atoms with Crippen molar-refractivity contribution in [3.05, 3.63) is 23.9 Å². The van der Waals surface area contributed by atoms with E-state index in [1.165, 1.54) is 0 Å². The second-order valence-corrected chi connectivity index (χ2v) is 4.63. The fourth-order valence-corrected chi connectivity index (χ4v) is 2.13. The van der Waals surface area contributed by atoms with Gasteiger partial charge in [-0.15, -0.1) is 0 Å². The van der Waals surface area contributed by atoms with Crippen molar-refractivity contribution in [1.82, 2.24) is 4.98 Å². The molecule has 1 aromatic rings. The van der Waals surface area contributed by atoms with Crippen LogP contribution >= 0.6 is 0 Å². The second-order valence-electron chi connectivity index (χ2n) is 4.63. The molecule has 1 saturated heterocycles. The number of anilines is 1. The number of nitrogens with zero attached hydrogens (tertiary/aromatic N) is 2. The summed E-state index contributed by atoms with van der Waals surface area (Å²) in [5, 5.41) is 11.9. The molecular formula is C13H16N4O2. The van der Waals surface area contributed by atoms with Gasteiger partial charge in [0.1, 0.15) is 17.6 Å². The zero-order valence-electron chi connectivity index (χ0n) is 10.6. The van der Waals surface area contributed by atoms with Gasteiger partial charge in [0.2, 0.25) is 5.91 Å². The number of rotatable bonds is 4. The molecule has 6 heteroatoms. The highest BCUT2D eigenvalue weighted by Crippen LogP contribution is 2.30. The van der Waals surface area contributed by atoms with Crippen molar-refractivity contribution in [2.24, 2.45) is 11.1 Å². The Balaban J connectivity index is 2.06. The molecule has 0 aliphatic carbocycles. The van der Waals surface area contributed by atoms with Gasteiger partial charge in [-0.05, 0) is 25.0 Å². The first kappa shape index (κ1) is 13.3. The van der Waals surface area contributed by atoms with Crippen molar-refractivity contribution in [3.8, 4) is 6.07 Å². The minimum absolute atomic E-state index is 0.320. The van der Waals surface area contributed by atoms with E-state index in [0.717, 1.165) is 0 Å². The van der Waals surface area contributed by atoms with Crippen LogP contribution in [0.1, 0.15) is 18.5 Å². The average molecular weight is 260 g/mol. The maximum absolute atomic E-state index is 11.7. The summed E-state index contributed by atoms with van der Waals surface area (Å²) in [5.74, 6) is 0.255. The number of carbonyl (C=O) groups excluding carboxylic acids is 1. The van der Waals surface area contributed by atoms with Crippen molar-refractivity contribution < 1.29 is 9.53 Å². The SMILES string of the molecule is N#Cc1cccc(NCC2(C(N)=O)CCOCC2)n1. The first-order chi connectivity index (χ1) is 9.16. The van der Waals surface area contributed by atoms with E-state index in [1.54, 1.807) is 18.2 Å². The normalized spacial score (nSPS) is 17.4. The van der Waals surface area contributed by atoms with Crippen molar-refractivity contribution in [3.63, 3.8) is 0 Å². The summed E-state index contributed by atoms with van der Waals surface area (Å²) in [6, 6.07) is 7.11. The molecule has 0 unspecified atom stereocenters. The number of hydrogen-bond acceptors (Lipinski definition) is 5. The number of aromatic nitrogens is 1. The Bertz CT molecular complexity index is 504. The van der Waals surface area contributed by atoms with Crippen molar-refractivity contribution in [1.29, 1.82) is 5.26 Å². The van der Waals surface area contributed by atoms with E-state index in [4.69, 9.17) is 15.7 Å². The smallest absolute Gasteiger partial charge is 0.225 e. The third-order valence-electron chi connectivity index (χ3n) is 3.44. The second kappa shape index (κ2) is 5.67. The predicted octanol–water partition coefficient (Wildman–Crippen LogP) is 0.647. The van der Waals surface area contributed by atoms with E-state index in [-0.39, 0.29) is 5.91 Å². The van der Waals surface area contributed by atoms with Crippen LogP contribution in [-0.4, -0.2) is 30.6 Å². The molecule has 19 heavy (non-hydrogen) atoms. The van der Waals surface area contributed by atoms with E-state index in [9.17, 15) is 4.79 Å². The highest BCUT2D eigenvalue weighted by Gasteiger charge is 2.38. The molecule has 100 valence electrons. The van der Waals surface area contributed by atoms with E-state index in [2.05, 4.69) is 10.3 Å². The predicted molar refractivity (Wildman–Crippen MR) is 69.1 cm³/mol. The number of hydrogen-bond donors (Lipinski definition) is 2. The van der Waals surface area contributed by atoms with Gasteiger partial charge in [0.15, 0.2) is 0 Å². The van der Waals surface area contributed by atoms with E-state index < -0.39 is 5.41 Å². The summed E-state index contributed by atoms with van der Waals surface area (Å²) < 4.78 is 5.27. The third-order valence-corrected chi connectivity index (χ3v) is 3.44. The molecular weight excluding hydrogens is 244 g/mol. The summed E-state index contributed by atoms with van der Waals surface area (Å²) in [4.78, 5) is 15.8. The summed E-state index contributed by atoms with van der Waals surface area (Å²) >= 11 is 0. The van der Waals surface area contributed by atoms with E-state index in [0.29, 0.717) is 44.1 Å². The Morgan fingerprint density at radius 3 is 2.89 bits per heavy atom. The van der Waals surface area contributed by atoms with Crippen molar-refractivity contribution >= 4 is 11.7 Å². The quantitative estimate of drug-likeness (QED) is 0.827. The van der Waals surface area contributed by atoms with Gasteiger partial charge < -0.3 is 15.8 Å². The maximum Gasteiger partial charge on any atom is 0.225 e. The molecule has 0 atom stereocenters. The van der Waals surface area contributed by atoms with Crippen LogP contribution in [0, 0.1) is 16.7 Å². The number of carbonyl (C=O) groups is 1. The minimum atomic E-state index is -0.595. The van der Waals surface area contributed by atoms with Crippen LogP contribution in [0.15, 0.2) is 18.2 Å². The number of nitriles is 1. The summed E-state index contributed by atoms with van der Waals surface area (Å²) in [7, 11) is 0. The van der Waals surface area contributed by atoms with Crippen molar-refractivity contribution in [2.75, 3.05) is 25.1 Å². The molecule has 1 amide bonds. The summed E-state index contributed by atoms with van der Waals surface area (Å²) in [6.45, 7) is 1.49. The number of primary amides is 1. The maximum atomic E-state index is 11.7. The molecule has 1 aromatic heterocycles. The van der Waals surface area contributed by atoms with E-state index in [1.807, 2.05) is 6.07 Å². The number of pyridine rings is 1. The molecule has 1 fully saturated rings. The van der Waals surface area contributed by atoms with Crippen LogP contribution in [-0.2, 0) is 9.53 Å². The fraction of sp³-hybridized carbons (Fsp3) is 0.462. The first-order valence-electron chi connectivity index (χ1n) is 6.15. The number of nitrogens with one attached hydrogen (secondary N) is 1. The molecule has 0 aromatic carbocycles. The largest absolute Gasteiger partial charge is 0.381 e. The lowest BCUT2D eigenvalue weighted by molar-refractivity contribution is -0.132. The van der Waals surface area contributed by atoms with Gasteiger partial charge >= 0.3 is 0 Å². The van der Waals surface area contributed by atoms with Crippen LogP contribution in [0.4, 0.5) is 5.82 Å². The highest BCUT2D eigenvalue weighted by molar-refractivity contribution is 5.81. The van der Waals surface area contributed by atoms with Crippen LogP contribution < -0.4 is 11.1 Å². The van der Waals surface area contributed by atoms with Gasteiger partial charge in [0, 0.05) is 19.8 Å². The molecule has 3 N–H and O–H groups in total. The van der Waals surface area contributed by atoms with Crippen molar-refractivity contribution in [2.45, 2.75) is 12.8 Å². The molecule has 0 bridgehead atoms. The Labute approximate surface area is 111 Å². The number of ether oxygens (including phenoxy) is 1. The molecule has 0 radical (unpaired) electrons. The Morgan fingerprint density at radius 2 is 2.26 bits per heavy atom. The summed E-state index contributed by atoms with van der Waals surface area (Å²) in [5.41, 5.74) is 5.26. The van der Waals surface area contributed by atoms with Gasteiger partial charge in [-0.3, -0.25) is 4.79 Å².